The number of rotatable bonds is 12. The number of carbonyl (C=O) groups is 4. The molecule has 1 saturated heterocycles. The number of halogens is 1. The van der Waals surface area contributed by atoms with E-state index in [1.54, 1.807) is 6.07 Å². The number of benzene rings is 2. The van der Waals surface area contributed by atoms with Gasteiger partial charge >= 0.3 is 6.09 Å². The number of amides is 3. The zero-order valence-corrected chi connectivity index (χ0v) is 20.0. The van der Waals surface area contributed by atoms with Gasteiger partial charge < -0.3 is 20.7 Å². The Labute approximate surface area is 211 Å². The van der Waals surface area contributed by atoms with E-state index in [-0.39, 0.29) is 67.6 Å². The van der Waals surface area contributed by atoms with Crippen LogP contribution in [0.25, 0.3) is 0 Å². The molecule has 3 rings (SSSR count). The van der Waals surface area contributed by atoms with Crippen molar-refractivity contribution in [1.82, 2.24) is 10.6 Å². The Morgan fingerprint density at radius 1 is 1.14 bits per heavy atom. The maximum Gasteiger partial charge on any atom is 0.414 e. The Balaban J connectivity index is 1.41. The topological polar surface area (TPSA) is 160 Å². The molecule has 37 heavy (non-hydrogen) atoms. The highest BCUT2D eigenvalue weighted by atomic mass is 19.1. The van der Waals surface area contributed by atoms with Gasteiger partial charge in [0.25, 0.3) is 5.69 Å². The van der Waals surface area contributed by atoms with Crippen molar-refractivity contribution in [3.05, 3.63) is 64.0 Å². The van der Waals surface area contributed by atoms with Crippen molar-refractivity contribution in [1.29, 1.82) is 0 Å². The quantitative estimate of drug-likeness (QED) is 0.168. The lowest BCUT2D eigenvalue weighted by Gasteiger charge is -2.15. The van der Waals surface area contributed by atoms with E-state index in [1.165, 1.54) is 48.2 Å². The van der Waals surface area contributed by atoms with Crippen LogP contribution in [0, 0.1) is 15.9 Å². The number of Topliss-reactive ketones (excluding diaryl/α,β-unsaturated/α-hetero) is 1. The molecule has 196 valence electrons. The number of carbonyl (C=O) groups excluding carboxylic acids is 4. The maximum atomic E-state index is 14.6. The molecule has 1 fully saturated rings. The summed E-state index contributed by atoms with van der Waals surface area (Å²) in [7, 11) is 0. The maximum absolute atomic E-state index is 14.6. The number of ketones is 1. The molecule has 12 nitrogen and oxygen atoms in total. The van der Waals surface area contributed by atoms with E-state index in [0.717, 1.165) is 0 Å². The third kappa shape index (κ3) is 7.72. The van der Waals surface area contributed by atoms with Gasteiger partial charge in [0.2, 0.25) is 11.8 Å². The number of ether oxygens (including phenoxy) is 1. The van der Waals surface area contributed by atoms with Crippen molar-refractivity contribution in [2.75, 3.05) is 36.4 Å². The number of nitrogens with one attached hydrogen (secondary N) is 3. The number of non-ortho nitro benzene ring substituents is 1. The van der Waals surface area contributed by atoms with Crippen molar-refractivity contribution in [3.63, 3.8) is 0 Å². The fourth-order valence-corrected chi connectivity index (χ4v) is 3.56. The third-order valence-electron chi connectivity index (χ3n) is 5.44. The zero-order valence-electron chi connectivity index (χ0n) is 20.0. The van der Waals surface area contributed by atoms with E-state index in [1.807, 2.05) is 0 Å². The summed E-state index contributed by atoms with van der Waals surface area (Å²) in [5.41, 5.74) is 0.433. The van der Waals surface area contributed by atoms with Gasteiger partial charge in [-0.3, -0.25) is 29.4 Å². The molecule has 1 aliphatic rings. The highest BCUT2D eigenvalue weighted by molar-refractivity contribution is 5.98. The monoisotopic (exact) mass is 515 g/mol. The van der Waals surface area contributed by atoms with Gasteiger partial charge in [-0.1, -0.05) is 12.1 Å². The molecule has 3 N–H and O–H groups in total. The summed E-state index contributed by atoms with van der Waals surface area (Å²) in [5, 5.41) is 18.8. The number of hydrogen-bond donors (Lipinski definition) is 3. The van der Waals surface area contributed by atoms with Crippen molar-refractivity contribution in [3.8, 4) is 0 Å². The van der Waals surface area contributed by atoms with Crippen LogP contribution in [-0.2, 0) is 14.3 Å². The van der Waals surface area contributed by atoms with Crippen LogP contribution < -0.4 is 20.9 Å². The number of anilines is 2. The number of hydrogen-bond acceptors (Lipinski definition) is 8. The largest absolute Gasteiger partial charge is 0.442 e. The molecule has 1 atom stereocenters. The van der Waals surface area contributed by atoms with Crippen molar-refractivity contribution in [2.24, 2.45) is 0 Å². The van der Waals surface area contributed by atoms with Gasteiger partial charge in [-0.05, 0) is 18.2 Å². The second kappa shape index (κ2) is 12.4. The number of nitro groups is 1. The molecule has 0 aliphatic carbocycles. The van der Waals surface area contributed by atoms with Crippen LogP contribution in [0.3, 0.4) is 0 Å². The molecular weight excluding hydrogens is 489 g/mol. The standard InChI is InChI=1S/C24H26FN5O7/c1-15(31)28-13-19-14-29(24(34)37-19)17-5-6-21(20(25)12-17)26-9-10-27-23(33)8-7-22(32)16-3-2-4-18(11-16)30(35)36/h2-6,11-12,19,26H,7-10,13-14H2,1H3,(H,27,33)(H,28,31)/t19-/m0/s1. The molecule has 0 radical (unpaired) electrons. The molecule has 0 aromatic heterocycles. The second-order valence-corrected chi connectivity index (χ2v) is 8.22. The normalized spacial score (nSPS) is 14.6. The Morgan fingerprint density at radius 2 is 1.92 bits per heavy atom. The van der Waals surface area contributed by atoms with Gasteiger partial charge in [0.15, 0.2) is 5.78 Å². The molecule has 3 amide bonds. The molecule has 2 aromatic carbocycles. The second-order valence-electron chi connectivity index (χ2n) is 8.22. The molecule has 0 bridgehead atoms. The molecule has 2 aromatic rings. The molecule has 13 heteroatoms. The fraction of sp³-hybridized carbons (Fsp3) is 0.333. The van der Waals surface area contributed by atoms with Crippen LogP contribution in [0.4, 0.5) is 26.2 Å². The summed E-state index contributed by atoms with van der Waals surface area (Å²) in [6.07, 6.45) is -1.38. The SMILES string of the molecule is CC(=O)NC[C@H]1CN(c2ccc(NCCNC(=O)CCC(=O)c3cccc([N+](=O)[O-])c3)c(F)c2)C(=O)O1. The summed E-state index contributed by atoms with van der Waals surface area (Å²) in [6, 6.07) is 9.49. The van der Waals surface area contributed by atoms with Gasteiger partial charge in [-0.15, -0.1) is 0 Å². The van der Waals surface area contributed by atoms with E-state index in [9.17, 15) is 33.7 Å². The van der Waals surface area contributed by atoms with Crippen molar-refractivity contribution >= 4 is 40.8 Å². The lowest BCUT2D eigenvalue weighted by molar-refractivity contribution is -0.384. The van der Waals surface area contributed by atoms with Crippen molar-refractivity contribution < 1.29 is 33.2 Å². The summed E-state index contributed by atoms with van der Waals surface area (Å²) in [6.45, 7) is 2.04. The first-order chi connectivity index (χ1) is 17.6. The minimum absolute atomic E-state index is 0.0978. The van der Waals surface area contributed by atoms with E-state index >= 15 is 0 Å². The average molecular weight is 515 g/mol. The molecular formula is C24H26FN5O7. The van der Waals surface area contributed by atoms with Crippen LogP contribution in [-0.4, -0.2) is 60.9 Å². The average Bonchev–Trinajstić information content (AvgIpc) is 3.25. The Morgan fingerprint density at radius 3 is 2.62 bits per heavy atom. The summed E-state index contributed by atoms with van der Waals surface area (Å²) in [5.74, 6) is -1.63. The fourth-order valence-electron chi connectivity index (χ4n) is 3.56. The number of cyclic esters (lactones) is 1. The van der Waals surface area contributed by atoms with E-state index in [0.29, 0.717) is 5.69 Å². The first-order valence-electron chi connectivity index (χ1n) is 11.4. The summed E-state index contributed by atoms with van der Waals surface area (Å²) in [4.78, 5) is 58.8. The minimum atomic E-state index is -0.637. The lowest BCUT2D eigenvalue weighted by atomic mass is 10.1. The third-order valence-corrected chi connectivity index (χ3v) is 5.44. The summed E-state index contributed by atoms with van der Waals surface area (Å²) < 4.78 is 19.7. The van der Waals surface area contributed by atoms with Crippen LogP contribution in [0.15, 0.2) is 42.5 Å². The van der Waals surface area contributed by atoms with E-state index in [2.05, 4.69) is 16.0 Å². The van der Waals surface area contributed by atoms with E-state index < -0.39 is 28.8 Å². The first kappa shape index (κ1) is 27.0. The minimum Gasteiger partial charge on any atom is -0.442 e. The predicted octanol–water partition coefficient (Wildman–Crippen LogP) is 2.39. The van der Waals surface area contributed by atoms with Gasteiger partial charge in [0, 0.05) is 50.6 Å². The Bertz CT molecular complexity index is 1210. The van der Waals surface area contributed by atoms with Crippen LogP contribution in [0.2, 0.25) is 0 Å². The zero-order chi connectivity index (χ0) is 26.9. The molecule has 1 heterocycles. The van der Waals surface area contributed by atoms with E-state index in [4.69, 9.17) is 4.74 Å². The van der Waals surface area contributed by atoms with Gasteiger partial charge in [-0.25, -0.2) is 9.18 Å². The first-order valence-corrected chi connectivity index (χ1v) is 11.4. The molecule has 1 aliphatic heterocycles. The summed E-state index contributed by atoms with van der Waals surface area (Å²) >= 11 is 0. The molecule has 0 saturated carbocycles. The molecule has 0 unspecified atom stereocenters. The van der Waals surface area contributed by atoms with Crippen LogP contribution in [0.1, 0.15) is 30.1 Å². The van der Waals surface area contributed by atoms with Crippen molar-refractivity contribution in [2.45, 2.75) is 25.9 Å². The number of nitro benzene ring substituents is 1. The lowest BCUT2D eigenvalue weighted by Crippen LogP contribution is -2.33. The van der Waals surface area contributed by atoms with Gasteiger partial charge in [0.1, 0.15) is 11.9 Å². The van der Waals surface area contributed by atoms with Gasteiger partial charge in [-0.2, -0.15) is 0 Å². The Kier molecular flexibility index (Phi) is 9.08. The number of nitrogens with zero attached hydrogens (tertiary/aromatic N) is 2. The highest BCUT2D eigenvalue weighted by Crippen LogP contribution is 2.26. The Hall–Kier alpha value is -4.55. The smallest absolute Gasteiger partial charge is 0.414 e. The van der Waals surface area contributed by atoms with Crippen LogP contribution >= 0.6 is 0 Å². The molecule has 0 spiro atoms. The van der Waals surface area contributed by atoms with Gasteiger partial charge in [0.05, 0.1) is 29.4 Å². The highest BCUT2D eigenvalue weighted by Gasteiger charge is 2.32. The predicted molar refractivity (Wildman–Crippen MR) is 131 cm³/mol. The van der Waals surface area contributed by atoms with Crippen LogP contribution in [0.5, 0.6) is 0 Å².